The van der Waals surface area contributed by atoms with E-state index in [4.69, 9.17) is 9.05 Å². The van der Waals surface area contributed by atoms with Gasteiger partial charge in [0.25, 0.3) is 0 Å². The molecule has 166 valence electrons. The number of rotatable bonds is 5. The van der Waals surface area contributed by atoms with Gasteiger partial charge in [0.1, 0.15) is 0 Å². The third-order valence-corrected chi connectivity index (χ3v) is 12.2. The van der Waals surface area contributed by atoms with Crippen molar-refractivity contribution < 1.29 is 18.7 Å². The van der Waals surface area contributed by atoms with Crippen LogP contribution in [-0.2, 0) is 13.6 Å². The molecule has 0 aliphatic heterocycles. The molecule has 0 spiro atoms. The van der Waals surface area contributed by atoms with Crippen LogP contribution in [0, 0.1) is 46.3 Å². The van der Waals surface area contributed by atoms with Crippen LogP contribution in [-0.4, -0.2) is 25.9 Å². The highest BCUT2D eigenvalue weighted by molar-refractivity contribution is 7.58. The molecule has 0 aromatic heterocycles. The van der Waals surface area contributed by atoms with Crippen molar-refractivity contribution in [1.82, 2.24) is 0 Å². The van der Waals surface area contributed by atoms with Gasteiger partial charge in [-0.25, -0.2) is 0 Å². The zero-order valence-corrected chi connectivity index (χ0v) is 19.9. The standard InChI is InChI=1S/C24H41O4P/c1-16(15-25)20-8-9-21-19-7-6-17-14-18(29(26,27-4)28-5)10-12-23(17,2)22(19)11-13-24(20,21)3/h14,16-17,19-22,25H,6-13,15H2,1-5H3/t16-,17+,19+,20-,21+,22+,23+,24-/m1/s1. The van der Waals surface area contributed by atoms with E-state index in [9.17, 15) is 9.67 Å². The lowest BCUT2D eigenvalue weighted by Crippen LogP contribution is -2.52. The van der Waals surface area contributed by atoms with Crippen LogP contribution in [0.2, 0.25) is 0 Å². The van der Waals surface area contributed by atoms with Gasteiger partial charge in [-0.3, -0.25) is 4.57 Å². The Labute approximate surface area is 177 Å². The lowest BCUT2D eigenvalue weighted by atomic mass is 9.45. The third kappa shape index (κ3) is 3.23. The highest BCUT2D eigenvalue weighted by Gasteiger charge is 2.60. The fourth-order valence-corrected chi connectivity index (χ4v) is 9.85. The maximum Gasteiger partial charge on any atom is 0.356 e. The third-order valence-electron chi connectivity index (χ3n) is 10.1. The molecule has 4 nitrogen and oxygen atoms in total. The minimum Gasteiger partial charge on any atom is -0.396 e. The number of allylic oxidation sites excluding steroid dienone is 2. The van der Waals surface area contributed by atoms with Crippen molar-refractivity contribution in [2.45, 2.75) is 72.1 Å². The predicted octanol–water partition coefficient (Wildman–Crippen LogP) is 6.25. The minimum absolute atomic E-state index is 0.306. The zero-order chi connectivity index (χ0) is 21.0. The van der Waals surface area contributed by atoms with Crippen molar-refractivity contribution in [2.24, 2.45) is 46.3 Å². The molecular formula is C24H41O4P. The zero-order valence-electron chi connectivity index (χ0n) is 19.0. The van der Waals surface area contributed by atoms with Crippen molar-refractivity contribution >= 4 is 7.60 Å². The first-order valence-electron chi connectivity index (χ1n) is 11.8. The Bertz CT molecular complexity index is 697. The van der Waals surface area contributed by atoms with E-state index in [0.29, 0.717) is 35.2 Å². The molecule has 3 fully saturated rings. The molecule has 5 heteroatoms. The van der Waals surface area contributed by atoms with Crippen LogP contribution in [0.15, 0.2) is 11.4 Å². The summed E-state index contributed by atoms with van der Waals surface area (Å²) >= 11 is 0. The maximum atomic E-state index is 13.0. The number of hydrogen-bond donors (Lipinski definition) is 1. The minimum atomic E-state index is -3.10. The van der Waals surface area contributed by atoms with Crippen LogP contribution in [0.25, 0.3) is 0 Å². The molecule has 3 saturated carbocycles. The Morgan fingerprint density at radius 2 is 1.76 bits per heavy atom. The smallest absolute Gasteiger partial charge is 0.356 e. The monoisotopic (exact) mass is 424 g/mol. The van der Waals surface area contributed by atoms with Crippen molar-refractivity contribution in [3.05, 3.63) is 11.4 Å². The van der Waals surface area contributed by atoms with Crippen molar-refractivity contribution in [3.63, 3.8) is 0 Å². The fourth-order valence-electron chi connectivity index (χ4n) is 8.48. The Kier molecular flexibility index (Phi) is 5.91. The second-order valence-corrected chi connectivity index (χ2v) is 13.3. The first-order chi connectivity index (χ1) is 13.7. The van der Waals surface area contributed by atoms with Crippen molar-refractivity contribution in [1.29, 1.82) is 0 Å². The molecule has 0 aromatic rings. The summed E-state index contributed by atoms with van der Waals surface area (Å²) in [5, 5.41) is 10.7. The van der Waals surface area contributed by atoms with Crippen LogP contribution in [0.3, 0.4) is 0 Å². The van der Waals surface area contributed by atoms with Crippen LogP contribution < -0.4 is 0 Å². The van der Waals surface area contributed by atoms with E-state index in [-0.39, 0.29) is 0 Å². The van der Waals surface area contributed by atoms with Crippen LogP contribution >= 0.6 is 7.60 Å². The molecule has 0 unspecified atom stereocenters. The van der Waals surface area contributed by atoms with E-state index >= 15 is 0 Å². The van der Waals surface area contributed by atoms with Gasteiger partial charge < -0.3 is 14.2 Å². The molecule has 0 radical (unpaired) electrons. The van der Waals surface area contributed by atoms with Gasteiger partial charge in [0, 0.05) is 26.1 Å². The van der Waals surface area contributed by atoms with E-state index in [0.717, 1.165) is 35.9 Å². The molecule has 0 saturated heterocycles. The van der Waals surface area contributed by atoms with Gasteiger partial charge in [-0.05, 0) is 97.7 Å². The van der Waals surface area contributed by atoms with Gasteiger partial charge in [0.05, 0.1) is 0 Å². The van der Waals surface area contributed by atoms with Gasteiger partial charge >= 0.3 is 7.60 Å². The second-order valence-electron chi connectivity index (χ2n) is 11.0. The number of hydrogen-bond acceptors (Lipinski definition) is 4. The first kappa shape index (κ1) is 22.1. The highest BCUT2D eigenvalue weighted by atomic mass is 31.2. The number of aliphatic hydroxyl groups excluding tert-OH is 1. The molecular weight excluding hydrogens is 383 g/mol. The van der Waals surface area contributed by atoms with Gasteiger partial charge in [-0.2, -0.15) is 0 Å². The van der Waals surface area contributed by atoms with Gasteiger partial charge in [0.2, 0.25) is 0 Å². The normalized spacial score (nSPS) is 45.7. The molecule has 4 aliphatic rings. The summed E-state index contributed by atoms with van der Waals surface area (Å²) in [6.07, 6.45) is 12.0. The van der Waals surface area contributed by atoms with E-state index in [1.54, 1.807) is 0 Å². The predicted molar refractivity (Wildman–Crippen MR) is 117 cm³/mol. The Morgan fingerprint density at radius 1 is 1.07 bits per heavy atom. The van der Waals surface area contributed by atoms with Crippen LogP contribution in [0.1, 0.15) is 72.1 Å². The topological polar surface area (TPSA) is 55.8 Å². The molecule has 0 heterocycles. The summed E-state index contributed by atoms with van der Waals surface area (Å²) < 4.78 is 23.6. The SMILES string of the molecule is COP(=O)(OC)C1=C[C@@H]2CC[C@@H]3[C@H](CC[C@]4(C)[C@@H]([C@H](C)CO)CC[C@@H]34)[C@@]2(C)CC1. The van der Waals surface area contributed by atoms with Crippen LogP contribution in [0.4, 0.5) is 0 Å². The van der Waals surface area contributed by atoms with E-state index in [1.165, 1.54) is 52.7 Å². The Balaban J connectivity index is 1.59. The van der Waals surface area contributed by atoms with E-state index < -0.39 is 7.60 Å². The average molecular weight is 425 g/mol. The van der Waals surface area contributed by atoms with Gasteiger partial charge in [0.15, 0.2) is 0 Å². The van der Waals surface area contributed by atoms with Crippen molar-refractivity contribution in [2.75, 3.05) is 20.8 Å². The number of aliphatic hydroxyl groups is 1. The molecule has 1 N–H and O–H groups in total. The summed E-state index contributed by atoms with van der Waals surface area (Å²) in [6.45, 7) is 7.63. The molecule has 4 rings (SSSR count). The molecule has 0 amide bonds. The van der Waals surface area contributed by atoms with Crippen LogP contribution in [0.5, 0.6) is 0 Å². The largest absolute Gasteiger partial charge is 0.396 e. The van der Waals surface area contributed by atoms with E-state index in [2.05, 4.69) is 26.8 Å². The number of fused-ring (bicyclic) bond motifs is 5. The fraction of sp³-hybridized carbons (Fsp3) is 0.917. The molecule has 4 aliphatic carbocycles. The van der Waals surface area contributed by atoms with Crippen molar-refractivity contribution in [3.8, 4) is 0 Å². The molecule has 29 heavy (non-hydrogen) atoms. The molecule has 0 aromatic carbocycles. The summed E-state index contributed by atoms with van der Waals surface area (Å²) in [5.41, 5.74) is 0.713. The maximum absolute atomic E-state index is 13.0. The summed E-state index contributed by atoms with van der Waals surface area (Å²) in [6, 6.07) is 0. The summed E-state index contributed by atoms with van der Waals surface area (Å²) in [5.74, 6) is 3.99. The summed E-state index contributed by atoms with van der Waals surface area (Å²) in [4.78, 5) is 0. The van der Waals surface area contributed by atoms with E-state index in [1.807, 2.05) is 0 Å². The molecule has 8 atom stereocenters. The lowest BCUT2D eigenvalue weighted by Gasteiger charge is -2.60. The Morgan fingerprint density at radius 3 is 2.41 bits per heavy atom. The average Bonchev–Trinajstić information content (AvgIpc) is 3.09. The quantitative estimate of drug-likeness (QED) is 0.530. The van der Waals surface area contributed by atoms with Gasteiger partial charge in [-0.15, -0.1) is 0 Å². The summed E-state index contributed by atoms with van der Waals surface area (Å²) in [7, 11) is -0.0971. The Hall–Kier alpha value is -0.150. The lowest BCUT2D eigenvalue weighted by molar-refractivity contribution is -0.0973. The van der Waals surface area contributed by atoms with Gasteiger partial charge in [-0.1, -0.05) is 26.8 Å². The highest BCUT2D eigenvalue weighted by Crippen LogP contribution is 2.69. The molecule has 0 bridgehead atoms. The first-order valence-corrected chi connectivity index (χ1v) is 13.3. The second kappa shape index (κ2) is 7.76.